The summed E-state index contributed by atoms with van der Waals surface area (Å²) in [5.41, 5.74) is -0.690. The smallest absolute Gasteiger partial charge is 0.491 e. The first-order chi connectivity index (χ1) is 15.1. The second-order valence-electron chi connectivity index (χ2n) is 6.97. The molecule has 0 aliphatic carbocycles. The number of nitrogens with one attached hydrogen (secondary N) is 1. The molecule has 3 aromatic rings. The maximum Gasteiger partial charge on any atom is 0.573 e. The molecule has 0 saturated heterocycles. The van der Waals surface area contributed by atoms with Crippen LogP contribution in [-0.2, 0) is 12.6 Å². The number of carbonyl (C=O) groups is 1. The molecule has 168 valence electrons. The van der Waals surface area contributed by atoms with Crippen molar-refractivity contribution in [3.8, 4) is 11.5 Å². The molecule has 1 aliphatic rings. The monoisotopic (exact) mass is 514 g/mol. The Bertz CT molecular complexity index is 1180. The van der Waals surface area contributed by atoms with Crippen LogP contribution in [0.5, 0.6) is 11.5 Å². The van der Waals surface area contributed by atoms with E-state index in [1.807, 2.05) is 0 Å². The lowest BCUT2D eigenvalue weighted by Crippen LogP contribution is -2.50. The molecule has 1 N–H and O–H groups in total. The first-order valence-electron chi connectivity index (χ1n) is 9.24. The van der Waals surface area contributed by atoms with Gasteiger partial charge in [-0.15, -0.1) is 13.2 Å². The summed E-state index contributed by atoms with van der Waals surface area (Å²) in [5, 5.41) is 2.88. The first kappa shape index (κ1) is 22.1. The van der Waals surface area contributed by atoms with Gasteiger partial charge in [-0.05, 0) is 45.8 Å². The number of aromatic nitrogens is 3. The summed E-state index contributed by atoms with van der Waals surface area (Å²) in [5.74, 6) is -2.39. The van der Waals surface area contributed by atoms with Crippen LogP contribution in [0.3, 0.4) is 0 Å². The van der Waals surface area contributed by atoms with Gasteiger partial charge in [-0.1, -0.05) is 6.07 Å². The number of halogens is 5. The van der Waals surface area contributed by atoms with Crippen LogP contribution in [0.4, 0.5) is 17.6 Å². The lowest BCUT2D eigenvalue weighted by atomic mass is 9.81. The molecule has 4 rings (SSSR count). The number of amides is 1. The molecular weight excluding hydrogens is 500 g/mol. The number of alkyl halides is 3. The Hall–Kier alpha value is -3.15. The van der Waals surface area contributed by atoms with E-state index in [-0.39, 0.29) is 24.3 Å². The van der Waals surface area contributed by atoms with Gasteiger partial charge in [-0.2, -0.15) is 0 Å². The summed E-state index contributed by atoms with van der Waals surface area (Å²) in [4.78, 5) is 21.5. The van der Waals surface area contributed by atoms with Crippen molar-refractivity contribution in [3.63, 3.8) is 0 Å². The van der Waals surface area contributed by atoms with Crippen LogP contribution in [0, 0.1) is 5.82 Å². The third-order valence-electron chi connectivity index (χ3n) is 5.05. The van der Waals surface area contributed by atoms with Crippen LogP contribution in [0.1, 0.15) is 28.2 Å². The average Bonchev–Trinajstić information content (AvgIpc) is 3.07. The number of hydrogen-bond donors (Lipinski definition) is 1. The van der Waals surface area contributed by atoms with Gasteiger partial charge in [0.2, 0.25) is 0 Å². The molecule has 1 unspecified atom stereocenters. The van der Waals surface area contributed by atoms with Gasteiger partial charge < -0.3 is 19.4 Å². The van der Waals surface area contributed by atoms with Crippen molar-refractivity contribution in [1.29, 1.82) is 0 Å². The van der Waals surface area contributed by atoms with Crippen molar-refractivity contribution >= 4 is 21.8 Å². The van der Waals surface area contributed by atoms with Gasteiger partial charge in [-0.3, -0.25) is 9.78 Å². The van der Waals surface area contributed by atoms with Crippen LogP contribution >= 0.6 is 15.9 Å². The molecule has 0 radical (unpaired) electrons. The Morgan fingerprint density at radius 3 is 2.75 bits per heavy atom. The molecule has 7 nitrogen and oxygen atoms in total. The minimum atomic E-state index is -5.05. The molecule has 1 aliphatic heterocycles. The van der Waals surface area contributed by atoms with E-state index in [2.05, 4.69) is 36.0 Å². The van der Waals surface area contributed by atoms with Gasteiger partial charge in [-0.25, -0.2) is 9.37 Å². The first-order valence-corrected chi connectivity index (χ1v) is 10.0. The van der Waals surface area contributed by atoms with E-state index in [1.165, 1.54) is 23.0 Å². The fourth-order valence-corrected chi connectivity index (χ4v) is 3.86. The van der Waals surface area contributed by atoms with E-state index >= 15 is 0 Å². The number of rotatable bonds is 4. The van der Waals surface area contributed by atoms with Crippen molar-refractivity contribution in [2.45, 2.75) is 18.3 Å². The van der Waals surface area contributed by atoms with Crippen molar-refractivity contribution < 1.29 is 31.8 Å². The zero-order chi connectivity index (χ0) is 23.1. The van der Waals surface area contributed by atoms with Crippen molar-refractivity contribution in [2.24, 2.45) is 7.05 Å². The van der Waals surface area contributed by atoms with E-state index in [1.54, 1.807) is 19.2 Å². The normalized spacial score (nSPS) is 17.9. The predicted molar refractivity (Wildman–Crippen MR) is 107 cm³/mol. The largest absolute Gasteiger partial charge is 0.573 e. The minimum absolute atomic E-state index is 0.149. The number of ether oxygens (including phenoxy) is 2. The summed E-state index contributed by atoms with van der Waals surface area (Å²) in [7, 11) is 1.62. The van der Waals surface area contributed by atoms with Crippen LogP contribution in [0.2, 0.25) is 0 Å². The zero-order valence-electron chi connectivity index (χ0n) is 16.4. The summed E-state index contributed by atoms with van der Waals surface area (Å²) in [6.45, 7) is 0.149. The molecule has 1 atom stereocenters. The number of carbonyl (C=O) groups excluding carboxylic acids is 1. The zero-order valence-corrected chi connectivity index (χ0v) is 18.0. The maximum absolute atomic E-state index is 14.6. The summed E-state index contributed by atoms with van der Waals surface area (Å²) in [6.07, 6.45) is -2.06. The van der Waals surface area contributed by atoms with E-state index in [9.17, 15) is 22.4 Å². The summed E-state index contributed by atoms with van der Waals surface area (Å²) >= 11 is 3.22. The predicted octanol–water partition coefficient (Wildman–Crippen LogP) is 4.07. The van der Waals surface area contributed by atoms with E-state index in [0.29, 0.717) is 16.2 Å². The van der Waals surface area contributed by atoms with Crippen molar-refractivity contribution in [1.82, 2.24) is 19.9 Å². The molecule has 0 saturated carbocycles. The Morgan fingerprint density at radius 2 is 2.09 bits per heavy atom. The van der Waals surface area contributed by atoms with Crippen LogP contribution in [0.25, 0.3) is 0 Å². The second-order valence-corrected chi connectivity index (χ2v) is 7.68. The Morgan fingerprint density at radius 1 is 1.31 bits per heavy atom. The Kier molecular flexibility index (Phi) is 5.57. The lowest BCUT2D eigenvalue weighted by Gasteiger charge is -2.39. The third kappa shape index (κ3) is 4.01. The highest BCUT2D eigenvalue weighted by atomic mass is 79.9. The Balaban J connectivity index is 1.82. The molecule has 3 heterocycles. The molecule has 0 bridgehead atoms. The number of fused-ring (bicyclic) bond motifs is 1. The SMILES string of the molecule is Cn1c(C(=O)NC2(c3ccc(OC(F)(F)F)c(F)c3)CCOc3cccnc32)cnc1Br. The Labute approximate surface area is 187 Å². The highest BCUT2D eigenvalue weighted by molar-refractivity contribution is 9.10. The van der Waals surface area contributed by atoms with Crippen molar-refractivity contribution in [3.05, 3.63) is 70.2 Å². The number of nitrogens with zero attached hydrogens (tertiary/aromatic N) is 3. The number of pyridine rings is 1. The van der Waals surface area contributed by atoms with Gasteiger partial charge in [0.1, 0.15) is 22.7 Å². The van der Waals surface area contributed by atoms with E-state index < -0.39 is 29.4 Å². The van der Waals surface area contributed by atoms with Gasteiger partial charge in [0.25, 0.3) is 5.91 Å². The highest BCUT2D eigenvalue weighted by Crippen LogP contribution is 2.42. The molecular formula is C20H15BrF4N4O3. The van der Waals surface area contributed by atoms with E-state index in [4.69, 9.17) is 4.74 Å². The molecule has 2 aromatic heterocycles. The molecule has 0 fully saturated rings. The summed E-state index contributed by atoms with van der Waals surface area (Å²) in [6, 6.07) is 6.29. The minimum Gasteiger partial charge on any atom is -0.491 e. The highest BCUT2D eigenvalue weighted by Gasteiger charge is 2.43. The molecule has 12 heteroatoms. The fourth-order valence-electron chi connectivity index (χ4n) is 3.56. The van der Waals surface area contributed by atoms with Gasteiger partial charge in [0.15, 0.2) is 16.3 Å². The van der Waals surface area contributed by atoms with Crippen molar-refractivity contribution in [2.75, 3.05) is 6.61 Å². The average molecular weight is 515 g/mol. The fraction of sp³-hybridized carbons (Fsp3) is 0.250. The molecule has 0 spiro atoms. The van der Waals surface area contributed by atoms with Crippen LogP contribution < -0.4 is 14.8 Å². The molecule has 32 heavy (non-hydrogen) atoms. The second kappa shape index (κ2) is 8.08. The maximum atomic E-state index is 14.6. The molecule has 1 amide bonds. The third-order valence-corrected chi connectivity index (χ3v) is 5.79. The summed E-state index contributed by atoms with van der Waals surface area (Å²) < 4.78 is 63.6. The standard InChI is InChI=1S/C20H15BrF4N4O3/c1-29-13(10-27-18(29)21)17(30)28-19(6-8-31-15-3-2-7-26-16(15)19)11-4-5-14(12(22)9-11)32-20(23,24)25/h2-5,7,9-10H,6,8H2,1H3,(H,28,30). The lowest BCUT2D eigenvalue weighted by molar-refractivity contribution is -0.275. The van der Waals surface area contributed by atoms with Gasteiger partial charge in [0, 0.05) is 19.7 Å². The van der Waals surface area contributed by atoms with Gasteiger partial charge in [0.05, 0.1) is 12.8 Å². The number of imidazole rings is 1. The topological polar surface area (TPSA) is 78.3 Å². The molecule has 1 aromatic carbocycles. The number of hydrogen-bond acceptors (Lipinski definition) is 5. The van der Waals surface area contributed by atoms with Crippen LogP contribution in [0.15, 0.2) is 47.5 Å². The van der Waals surface area contributed by atoms with Gasteiger partial charge >= 0.3 is 6.36 Å². The quantitative estimate of drug-likeness (QED) is 0.531. The van der Waals surface area contributed by atoms with Crippen LogP contribution in [-0.4, -0.2) is 33.4 Å². The number of benzene rings is 1. The van der Waals surface area contributed by atoms with E-state index in [0.717, 1.165) is 12.1 Å².